The number of rotatable bonds is 6. The highest BCUT2D eigenvalue weighted by atomic mass is 16.5. The van der Waals surface area contributed by atoms with E-state index in [1.165, 1.54) is 0 Å². The van der Waals surface area contributed by atoms with Gasteiger partial charge in [-0.3, -0.25) is 4.79 Å². The molecule has 3 rings (SSSR count). The van der Waals surface area contributed by atoms with E-state index < -0.39 is 5.60 Å². The quantitative estimate of drug-likeness (QED) is 0.796. The Kier molecular flexibility index (Phi) is 5.03. The molecule has 1 aliphatic heterocycles. The Hall–Kier alpha value is -2.41. The molecule has 1 aromatic heterocycles. The fourth-order valence-corrected chi connectivity index (χ4v) is 3.07. The van der Waals surface area contributed by atoms with Crippen LogP contribution in [-0.2, 0) is 16.1 Å². The fourth-order valence-electron chi connectivity index (χ4n) is 3.07. The maximum atomic E-state index is 12.6. The Morgan fingerprint density at radius 3 is 2.68 bits per heavy atom. The summed E-state index contributed by atoms with van der Waals surface area (Å²) in [7, 11) is 1.67. The third-order valence-electron chi connectivity index (χ3n) is 4.59. The molecular weight excluding hydrogens is 320 g/mol. The zero-order valence-corrected chi connectivity index (χ0v) is 14.9. The lowest BCUT2D eigenvalue weighted by Crippen LogP contribution is -2.43. The van der Waals surface area contributed by atoms with E-state index in [0.717, 1.165) is 18.0 Å². The topological polar surface area (TPSA) is 69.5 Å². The lowest BCUT2D eigenvalue weighted by molar-refractivity contribution is -0.132. The van der Waals surface area contributed by atoms with Crippen molar-refractivity contribution in [3.8, 4) is 5.75 Å². The second-order valence-electron chi connectivity index (χ2n) is 6.42. The molecule has 1 saturated heterocycles. The van der Waals surface area contributed by atoms with Crippen molar-refractivity contribution in [2.45, 2.75) is 32.4 Å². The van der Waals surface area contributed by atoms with Crippen LogP contribution in [0.2, 0.25) is 0 Å². The summed E-state index contributed by atoms with van der Waals surface area (Å²) in [6, 6.07) is 9.64. The number of hydrogen-bond acceptors (Lipinski definition) is 5. The number of aryl methyl sites for hydroxylation is 2. The number of ether oxygens (including phenoxy) is 2. The van der Waals surface area contributed by atoms with E-state index in [9.17, 15) is 4.79 Å². The molecule has 0 bridgehead atoms. The number of para-hydroxylation sites is 1. The summed E-state index contributed by atoms with van der Waals surface area (Å²) < 4.78 is 13.2. The summed E-state index contributed by atoms with van der Waals surface area (Å²) in [5.74, 6) is 2.24. The Morgan fingerprint density at radius 2 is 2.04 bits per heavy atom. The van der Waals surface area contributed by atoms with Gasteiger partial charge in [0, 0.05) is 13.7 Å². The molecule has 25 heavy (non-hydrogen) atoms. The first-order chi connectivity index (χ1) is 12.0. The average Bonchev–Trinajstić information content (AvgIpc) is 3.18. The largest absolute Gasteiger partial charge is 0.491 e. The van der Waals surface area contributed by atoms with Gasteiger partial charge in [-0.25, -0.2) is 9.67 Å². The molecule has 0 saturated carbocycles. The molecule has 1 atom stereocenters. The summed E-state index contributed by atoms with van der Waals surface area (Å²) >= 11 is 0. The van der Waals surface area contributed by atoms with E-state index in [4.69, 9.17) is 9.47 Å². The van der Waals surface area contributed by atoms with Gasteiger partial charge in [0.1, 0.15) is 36.2 Å². The molecule has 7 heteroatoms. The van der Waals surface area contributed by atoms with Crippen LogP contribution in [0.1, 0.15) is 18.1 Å². The summed E-state index contributed by atoms with van der Waals surface area (Å²) in [6.45, 7) is 5.45. The van der Waals surface area contributed by atoms with Crippen molar-refractivity contribution in [2.24, 2.45) is 0 Å². The summed E-state index contributed by atoms with van der Waals surface area (Å²) in [6.07, 6.45) is 0.747. The zero-order valence-electron chi connectivity index (χ0n) is 14.9. The van der Waals surface area contributed by atoms with E-state index in [1.807, 2.05) is 49.1 Å². The van der Waals surface area contributed by atoms with Crippen LogP contribution < -0.4 is 4.74 Å². The standard InChI is InChI=1S/C18H24N4O3/c1-14-19-15(2)22(20-14)11-17(23)21-10-9-18(12-21,24-3)13-25-16-7-5-4-6-8-16/h4-8H,9-13H2,1-3H3/t18-/m1/s1. The van der Waals surface area contributed by atoms with Crippen LogP contribution in [-0.4, -0.2) is 58.0 Å². The van der Waals surface area contributed by atoms with Crippen molar-refractivity contribution in [1.82, 2.24) is 19.7 Å². The highest BCUT2D eigenvalue weighted by Gasteiger charge is 2.41. The van der Waals surface area contributed by atoms with Crippen molar-refractivity contribution in [3.63, 3.8) is 0 Å². The first-order valence-electron chi connectivity index (χ1n) is 8.40. The van der Waals surface area contributed by atoms with Crippen molar-refractivity contribution in [3.05, 3.63) is 42.0 Å². The lowest BCUT2D eigenvalue weighted by Gasteiger charge is -2.28. The van der Waals surface area contributed by atoms with Crippen LogP contribution in [0.15, 0.2) is 30.3 Å². The van der Waals surface area contributed by atoms with Crippen molar-refractivity contribution >= 4 is 5.91 Å². The second-order valence-corrected chi connectivity index (χ2v) is 6.42. The van der Waals surface area contributed by atoms with Crippen molar-refractivity contribution < 1.29 is 14.3 Å². The van der Waals surface area contributed by atoms with Gasteiger partial charge in [-0.05, 0) is 32.4 Å². The number of nitrogens with zero attached hydrogens (tertiary/aromatic N) is 4. The van der Waals surface area contributed by atoms with E-state index in [0.29, 0.717) is 25.5 Å². The third kappa shape index (κ3) is 3.99. The van der Waals surface area contributed by atoms with Gasteiger partial charge in [0.05, 0.1) is 6.54 Å². The molecule has 0 N–H and O–H groups in total. The van der Waals surface area contributed by atoms with Gasteiger partial charge in [0.2, 0.25) is 5.91 Å². The predicted octanol–water partition coefficient (Wildman–Crippen LogP) is 1.59. The van der Waals surface area contributed by atoms with Gasteiger partial charge in [0.15, 0.2) is 0 Å². The number of methoxy groups -OCH3 is 1. The van der Waals surface area contributed by atoms with Gasteiger partial charge >= 0.3 is 0 Å². The first-order valence-corrected chi connectivity index (χ1v) is 8.40. The fraction of sp³-hybridized carbons (Fsp3) is 0.500. The molecule has 2 aromatic rings. The summed E-state index contributed by atoms with van der Waals surface area (Å²) in [4.78, 5) is 18.6. The van der Waals surface area contributed by atoms with Crippen LogP contribution in [0.5, 0.6) is 5.75 Å². The molecule has 0 spiro atoms. The van der Waals surface area contributed by atoms with E-state index >= 15 is 0 Å². The van der Waals surface area contributed by atoms with Gasteiger partial charge in [-0.2, -0.15) is 5.10 Å². The first kappa shape index (κ1) is 17.4. The van der Waals surface area contributed by atoms with Crippen molar-refractivity contribution in [1.29, 1.82) is 0 Å². The minimum absolute atomic E-state index is 0.0200. The van der Waals surface area contributed by atoms with Crippen LogP contribution in [0.25, 0.3) is 0 Å². The zero-order chi connectivity index (χ0) is 17.9. The number of carbonyl (C=O) groups excluding carboxylic acids is 1. The minimum Gasteiger partial charge on any atom is -0.491 e. The number of benzene rings is 1. The van der Waals surface area contributed by atoms with E-state index in [2.05, 4.69) is 10.1 Å². The van der Waals surface area contributed by atoms with Gasteiger partial charge in [0.25, 0.3) is 0 Å². The highest BCUT2D eigenvalue weighted by Crippen LogP contribution is 2.26. The SMILES string of the molecule is CO[C@]1(COc2ccccc2)CCN(C(=O)Cn2nc(C)nc2C)C1. The monoisotopic (exact) mass is 344 g/mol. The molecule has 2 heterocycles. The molecular formula is C18H24N4O3. The normalized spacial score (nSPS) is 20.0. The maximum absolute atomic E-state index is 12.6. The summed E-state index contributed by atoms with van der Waals surface area (Å²) in [5, 5.41) is 4.26. The molecule has 0 unspecified atom stereocenters. The molecule has 0 radical (unpaired) electrons. The van der Waals surface area contributed by atoms with Crippen LogP contribution in [0, 0.1) is 13.8 Å². The maximum Gasteiger partial charge on any atom is 0.244 e. The number of amides is 1. The van der Waals surface area contributed by atoms with E-state index in [1.54, 1.807) is 11.8 Å². The number of likely N-dealkylation sites (tertiary alicyclic amines) is 1. The Morgan fingerprint density at radius 1 is 1.28 bits per heavy atom. The molecule has 1 amide bonds. The van der Waals surface area contributed by atoms with E-state index in [-0.39, 0.29) is 12.5 Å². The van der Waals surface area contributed by atoms with Crippen LogP contribution in [0.3, 0.4) is 0 Å². The van der Waals surface area contributed by atoms with Gasteiger partial charge < -0.3 is 14.4 Å². The van der Waals surface area contributed by atoms with Gasteiger partial charge in [-0.15, -0.1) is 0 Å². The predicted molar refractivity (Wildman–Crippen MR) is 92.4 cm³/mol. The smallest absolute Gasteiger partial charge is 0.244 e. The van der Waals surface area contributed by atoms with Crippen LogP contribution in [0.4, 0.5) is 0 Å². The third-order valence-corrected chi connectivity index (χ3v) is 4.59. The van der Waals surface area contributed by atoms with Crippen molar-refractivity contribution in [2.75, 3.05) is 26.8 Å². The number of hydrogen-bond donors (Lipinski definition) is 0. The summed E-state index contributed by atoms with van der Waals surface area (Å²) in [5.41, 5.74) is -0.473. The average molecular weight is 344 g/mol. The molecule has 134 valence electrons. The molecule has 7 nitrogen and oxygen atoms in total. The number of aromatic nitrogens is 3. The highest BCUT2D eigenvalue weighted by molar-refractivity contribution is 5.76. The lowest BCUT2D eigenvalue weighted by atomic mass is 10.0. The Balaban J connectivity index is 1.60. The number of carbonyl (C=O) groups is 1. The second kappa shape index (κ2) is 7.23. The van der Waals surface area contributed by atoms with Crippen LogP contribution >= 0.6 is 0 Å². The Labute approximate surface area is 147 Å². The Bertz CT molecular complexity index is 731. The molecule has 1 fully saturated rings. The van der Waals surface area contributed by atoms with Gasteiger partial charge in [-0.1, -0.05) is 18.2 Å². The molecule has 1 aromatic carbocycles. The molecule has 1 aliphatic rings. The molecule has 0 aliphatic carbocycles. The minimum atomic E-state index is -0.473.